The standard InChI is InChI=1S/C23H22N2O7/c1-30-16-7-5-15(6-8-16)24-20(26)13-32-23(29)14-4-9-18-19(11-14)22(28)25(21(18)27)12-17-3-2-10-31-17/h4-9,11,17H,2-3,10,12-13H2,1H3,(H,24,26)/t17-/m0/s1. The van der Waals surface area contributed by atoms with Crippen molar-refractivity contribution in [1.82, 2.24) is 4.90 Å². The fourth-order valence-electron chi connectivity index (χ4n) is 3.66. The quantitative estimate of drug-likeness (QED) is 0.521. The van der Waals surface area contributed by atoms with Gasteiger partial charge in [-0.15, -0.1) is 0 Å². The summed E-state index contributed by atoms with van der Waals surface area (Å²) in [6.07, 6.45) is 1.53. The lowest BCUT2D eigenvalue weighted by Crippen LogP contribution is -2.36. The summed E-state index contributed by atoms with van der Waals surface area (Å²) >= 11 is 0. The van der Waals surface area contributed by atoms with Crippen molar-refractivity contribution in [2.45, 2.75) is 18.9 Å². The summed E-state index contributed by atoms with van der Waals surface area (Å²) in [5, 5.41) is 2.61. The molecule has 3 amide bonds. The zero-order valence-corrected chi connectivity index (χ0v) is 17.5. The van der Waals surface area contributed by atoms with Crippen LogP contribution in [-0.4, -0.2) is 61.6 Å². The van der Waals surface area contributed by atoms with Gasteiger partial charge in [0.05, 0.1) is 36.4 Å². The Hall–Kier alpha value is -3.72. The zero-order valence-electron chi connectivity index (χ0n) is 17.5. The summed E-state index contributed by atoms with van der Waals surface area (Å²) in [5.41, 5.74) is 0.993. The maximum absolute atomic E-state index is 12.7. The Labute approximate surface area is 184 Å². The zero-order chi connectivity index (χ0) is 22.7. The summed E-state index contributed by atoms with van der Waals surface area (Å²) in [4.78, 5) is 50.9. The average molecular weight is 438 g/mol. The lowest BCUT2D eigenvalue weighted by Gasteiger charge is -2.17. The van der Waals surface area contributed by atoms with Crippen molar-refractivity contribution in [3.63, 3.8) is 0 Å². The smallest absolute Gasteiger partial charge is 0.338 e. The van der Waals surface area contributed by atoms with Gasteiger partial charge in [0.2, 0.25) is 0 Å². The summed E-state index contributed by atoms with van der Waals surface area (Å²) < 4.78 is 15.6. The van der Waals surface area contributed by atoms with Gasteiger partial charge in [-0.3, -0.25) is 19.3 Å². The van der Waals surface area contributed by atoms with E-state index in [-0.39, 0.29) is 29.3 Å². The lowest BCUT2D eigenvalue weighted by atomic mass is 10.1. The Bertz CT molecular complexity index is 1060. The van der Waals surface area contributed by atoms with Gasteiger partial charge in [-0.05, 0) is 55.3 Å². The van der Waals surface area contributed by atoms with E-state index in [1.165, 1.54) is 25.3 Å². The first-order valence-electron chi connectivity index (χ1n) is 10.2. The summed E-state index contributed by atoms with van der Waals surface area (Å²) in [7, 11) is 1.54. The summed E-state index contributed by atoms with van der Waals surface area (Å²) in [6, 6.07) is 10.9. The molecule has 0 saturated carbocycles. The van der Waals surface area contributed by atoms with Gasteiger partial charge in [-0.1, -0.05) is 0 Å². The number of imide groups is 1. The van der Waals surface area contributed by atoms with Crippen molar-refractivity contribution in [3.8, 4) is 5.75 Å². The number of amides is 3. The van der Waals surface area contributed by atoms with Gasteiger partial charge in [0.1, 0.15) is 5.75 Å². The van der Waals surface area contributed by atoms with Gasteiger partial charge in [0.15, 0.2) is 6.61 Å². The molecule has 2 aliphatic heterocycles. The second-order valence-electron chi connectivity index (χ2n) is 7.47. The third-order valence-electron chi connectivity index (χ3n) is 5.32. The fraction of sp³-hybridized carbons (Fsp3) is 0.304. The molecular formula is C23H22N2O7. The molecule has 1 fully saturated rings. The number of nitrogens with zero attached hydrogens (tertiary/aromatic N) is 1. The predicted molar refractivity (Wildman–Crippen MR) is 113 cm³/mol. The number of methoxy groups -OCH3 is 1. The van der Waals surface area contributed by atoms with Crippen LogP contribution in [0.15, 0.2) is 42.5 Å². The van der Waals surface area contributed by atoms with E-state index in [1.807, 2.05) is 0 Å². The van der Waals surface area contributed by atoms with Crippen molar-refractivity contribution in [2.24, 2.45) is 0 Å². The van der Waals surface area contributed by atoms with Gasteiger partial charge in [-0.2, -0.15) is 0 Å². The number of rotatable bonds is 7. The van der Waals surface area contributed by atoms with Crippen molar-refractivity contribution < 1.29 is 33.4 Å². The highest BCUT2D eigenvalue weighted by molar-refractivity contribution is 6.22. The predicted octanol–water partition coefficient (Wildman–Crippen LogP) is 2.27. The molecule has 0 unspecified atom stereocenters. The molecule has 2 aliphatic rings. The number of nitrogens with one attached hydrogen (secondary N) is 1. The van der Waals surface area contributed by atoms with Gasteiger partial charge in [0, 0.05) is 12.3 Å². The van der Waals surface area contributed by atoms with E-state index < -0.39 is 30.3 Å². The maximum Gasteiger partial charge on any atom is 0.338 e. The van der Waals surface area contributed by atoms with E-state index in [1.54, 1.807) is 24.3 Å². The van der Waals surface area contributed by atoms with E-state index in [2.05, 4.69) is 5.32 Å². The van der Waals surface area contributed by atoms with Crippen LogP contribution < -0.4 is 10.1 Å². The van der Waals surface area contributed by atoms with Gasteiger partial charge in [0.25, 0.3) is 17.7 Å². The van der Waals surface area contributed by atoms with Crippen LogP contribution in [0.5, 0.6) is 5.75 Å². The highest BCUT2D eigenvalue weighted by atomic mass is 16.5. The first-order chi connectivity index (χ1) is 15.5. The molecule has 0 spiro atoms. The molecule has 1 saturated heterocycles. The van der Waals surface area contributed by atoms with Crippen molar-refractivity contribution >= 4 is 29.4 Å². The van der Waals surface area contributed by atoms with Crippen LogP contribution in [0.2, 0.25) is 0 Å². The number of anilines is 1. The molecule has 166 valence electrons. The minimum Gasteiger partial charge on any atom is -0.497 e. The first-order valence-corrected chi connectivity index (χ1v) is 10.2. The largest absolute Gasteiger partial charge is 0.497 e. The monoisotopic (exact) mass is 438 g/mol. The minimum absolute atomic E-state index is 0.0844. The number of esters is 1. The molecular weight excluding hydrogens is 416 g/mol. The molecule has 0 aliphatic carbocycles. The van der Waals surface area contributed by atoms with Crippen LogP contribution in [0, 0.1) is 0 Å². The number of hydrogen-bond acceptors (Lipinski definition) is 7. The van der Waals surface area contributed by atoms with Gasteiger partial charge < -0.3 is 19.5 Å². The van der Waals surface area contributed by atoms with E-state index in [0.29, 0.717) is 18.0 Å². The molecule has 0 aromatic heterocycles. The van der Waals surface area contributed by atoms with Crippen LogP contribution in [0.4, 0.5) is 5.69 Å². The Balaban J connectivity index is 1.36. The summed E-state index contributed by atoms with van der Waals surface area (Å²) in [5.74, 6) is -1.51. The Kier molecular flexibility index (Phi) is 6.18. The summed E-state index contributed by atoms with van der Waals surface area (Å²) in [6.45, 7) is 0.313. The van der Waals surface area contributed by atoms with E-state index in [9.17, 15) is 19.2 Å². The number of ether oxygens (including phenoxy) is 3. The third-order valence-corrected chi connectivity index (χ3v) is 5.32. The maximum atomic E-state index is 12.7. The normalized spacial score (nSPS) is 17.3. The van der Waals surface area contributed by atoms with Crippen LogP contribution in [-0.2, 0) is 14.3 Å². The van der Waals surface area contributed by atoms with E-state index in [0.717, 1.165) is 17.7 Å². The topological polar surface area (TPSA) is 111 Å². The molecule has 1 atom stereocenters. The van der Waals surface area contributed by atoms with Gasteiger partial charge in [-0.25, -0.2) is 4.79 Å². The number of carbonyl (C=O) groups is 4. The SMILES string of the molecule is COc1ccc(NC(=O)COC(=O)c2ccc3c(c2)C(=O)N(C[C@@H]2CCCO2)C3=O)cc1. The van der Waals surface area contributed by atoms with Crippen LogP contribution in [0.1, 0.15) is 43.9 Å². The van der Waals surface area contributed by atoms with Crippen molar-refractivity contribution in [3.05, 3.63) is 59.2 Å². The molecule has 2 aromatic carbocycles. The Morgan fingerprint density at radius 1 is 1.09 bits per heavy atom. The second kappa shape index (κ2) is 9.19. The Morgan fingerprint density at radius 3 is 2.53 bits per heavy atom. The Morgan fingerprint density at radius 2 is 1.84 bits per heavy atom. The molecule has 32 heavy (non-hydrogen) atoms. The number of hydrogen-bond donors (Lipinski definition) is 1. The number of fused-ring (bicyclic) bond motifs is 1. The highest BCUT2D eigenvalue weighted by Gasteiger charge is 2.38. The molecule has 9 nitrogen and oxygen atoms in total. The lowest BCUT2D eigenvalue weighted by molar-refractivity contribution is -0.119. The second-order valence-corrected chi connectivity index (χ2v) is 7.47. The molecule has 2 heterocycles. The van der Waals surface area contributed by atoms with Gasteiger partial charge >= 0.3 is 5.97 Å². The van der Waals surface area contributed by atoms with Crippen molar-refractivity contribution in [1.29, 1.82) is 0 Å². The molecule has 1 N–H and O–H groups in total. The number of benzene rings is 2. The molecule has 9 heteroatoms. The average Bonchev–Trinajstić information content (AvgIpc) is 3.41. The molecule has 2 aromatic rings. The van der Waals surface area contributed by atoms with Crippen LogP contribution >= 0.6 is 0 Å². The van der Waals surface area contributed by atoms with E-state index in [4.69, 9.17) is 14.2 Å². The highest BCUT2D eigenvalue weighted by Crippen LogP contribution is 2.26. The fourth-order valence-corrected chi connectivity index (χ4v) is 3.66. The molecule has 4 rings (SSSR count). The van der Waals surface area contributed by atoms with E-state index >= 15 is 0 Å². The minimum atomic E-state index is -0.768. The first kappa shape index (κ1) is 21.5. The molecule has 0 bridgehead atoms. The van der Waals surface area contributed by atoms with Crippen LogP contribution in [0.25, 0.3) is 0 Å². The molecule has 0 radical (unpaired) electrons. The van der Waals surface area contributed by atoms with Crippen molar-refractivity contribution in [2.75, 3.05) is 32.2 Å². The van der Waals surface area contributed by atoms with Crippen LogP contribution in [0.3, 0.4) is 0 Å². The third kappa shape index (κ3) is 4.47. The number of carbonyl (C=O) groups excluding carboxylic acids is 4.